The van der Waals surface area contributed by atoms with Crippen LogP contribution >= 0.6 is 15.9 Å². The van der Waals surface area contributed by atoms with Crippen molar-refractivity contribution in [3.05, 3.63) is 0 Å². The van der Waals surface area contributed by atoms with E-state index in [0.29, 0.717) is 0 Å². The fourth-order valence-corrected chi connectivity index (χ4v) is 2.21. The van der Waals surface area contributed by atoms with Gasteiger partial charge in [0, 0.05) is 25.1 Å². The summed E-state index contributed by atoms with van der Waals surface area (Å²) in [6.07, 6.45) is 3.77. The summed E-state index contributed by atoms with van der Waals surface area (Å²) >= 11 is 3.49. The highest BCUT2D eigenvalue weighted by Crippen LogP contribution is 2.16. The van der Waals surface area contributed by atoms with Crippen molar-refractivity contribution in [2.45, 2.75) is 26.2 Å². The Morgan fingerprint density at radius 3 is 2.64 bits per heavy atom. The molecular weight excluding hydrogens is 242 g/mol. The number of hydrogen-bond acceptors (Lipinski definition) is 2. The van der Waals surface area contributed by atoms with Crippen LogP contribution in [0.1, 0.15) is 26.2 Å². The first-order valence-corrected chi connectivity index (χ1v) is 6.85. The molecule has 0 atom stereocenters. The third-order valence-corrected chi connectivity index (χ3v) is 3.47. The minimum atomic E-state index is 0.874. The van der Waals surface area contributed by atoms with Crippen LogP contribution in [0.2, 0.25) is 0 Å². The van der Waals surface area contributed by atoms with E-state index < -0.39 is 0 Å². The van der Waals surface area contributed by atoms with Crippen LogP contribution in [-0.4, -0.2) is 43.1 Å². The Hall–Kier alpha value is 0.400. The second kappa shape index (κ2) is 7.66. The molecule has 84 valence electrons. The molecule has 0 radical (unpaired) electrons. The van der Waals surface area contributed by atoms with Crippen molar-refractivity contribution in [3.8, 4) is 0 Å². The minimum Gasteiger partial charge on any atom is -0.381 e. The van der Waals surface area contributed by atoms with E-state index in [9.17, 15) is 0 Å². The van der Waals surface area contributed by atoms with E-state index in [1.807, 2.05) is 0 Å². The lowest BCUT2D eigenvalue weighted by molar-refractivity contribution is 0.0532. The molecule has 1 aliphatic rings. The zero-order chi connectivity index (χ0) is 10.2. The first-order chi connectivity index (χ1) is 6.86. The summed E-state index contributed by atoms with van der Waals surface area (Å²) in [5.41, 5.74) is 0. The van der Waals surface area contributed by atoms with E-state index in [1.165, 1.54) is 38.9 Å². The molecule has 0 amide bonds. The van der Waals surface area contributed by atoms with Crippen molar-refractivity contribution in [1.82, 2.24) is 4.90 Å². The van der Waals surface area contributed by atoms with Crippen molar-refractivity contribution >= 4 is 15.9 Å². The molecule has 1 rings (SSSR count). The quantitative estimate of drug-likeness (QED) is 0.683. The van der Waals surface area contributed by atoms with E-state index in [4.69, 9.17) is 4.74 Å². The predicted octanol–water partition coefficient (Wildman–Crippen LogP) is 2.52. The average Bonchev–Trinajstić information content (AvgIpc) is 2.25. The van der Waals surface area contributed by atoms with E-state index in [-0.39, 0.29) is 0 Å². The lowest BCUT2D eigenvalue weighted by Crippen LogP contribution is -2.33. The Bertz CT molecular complexity index is 137. The number of nitrogens with zero attached hydrogens (tertiary/aromatic N) is 1. The summed E-state index contributed by atoms with van der Waals surface area (Å²) in [4.78, 5) is 2.57. The van der Waals surface area contributed by atoms with Crippen molar-refractivity contribution in [1.29, 1.82) is 0 Å². The number of ether oxygens (including phenoxy) is 1. The maximum atomic E-state index is 5.37. The molecule has 0 aromatic carbocycles. The minimum absolute atomic E-state index is 0.874. The largest absolute Gasteiger partial charge is 0.381 e. The number of alkyl halides is 1. The highest BCUT2D eigenvalue weighted by Gasteiger charge is 2.16. The van der Waals surface area contributed by atoms with Gasteiger partial charge in [-0.3, -0.25) is 0 Å². The van der Waals surface area contributed by atoms with Gasteiger partial charge < -0.3 is 9.64 Å². The number of hydrogen-bond donors (Lipinski definition) is 0. The van der Waals surface area contributed by atoms with Crippen LogP contribution in [0, 0.1) is 5.92 Å². The predicted molar refractivity (Wildman–Crippen MR) is 64.1 cm³/mol. The van der Waals surface area contributed by atoms with Crippen LogP contribution in [0.5, 0.6) is 0 Å². The monoisotopic (exact) mass is 263 g/mol. The van der Waals surface area contributed by atoms with Gasteiger partial charge in [-0.05, 0) is 38.3 Å². The van der Waals surface area contributed by atoms with Crippen molar-refractivity contribution in [2.75, 3.05) is 38.2 Å². The fraction of sp³-hybridized carbons (Fsp3) is 1.00. The Labute approximate surface area is 96.1 Å². The second-order valence-corrected chi connectivity index (χ2v) is 4.78. The van der Waals surface area contributed by atoms with Crippen LogP contribution in [0.15, 0.2) is 0 Å². The average molecular weight is 264 g/mol. The maximum Gasteiger partial charge on any atom is 0.0469 e. The molecule has 0 aliphatic carbocycles. The molecule has 0 spiro atoms. The van der Waals surface area contributed by atoms with Crippen LogP contribution in [-0.2, 0) is 4.74 Å². The molecular formula is C11H22BrNO. The maximum absolute atomic E-state index is 5.37. The van der Waals surface area contributed by atoms with Gasteiger partial charge in [0.15, 0.2) is 0 Å². The Balaban J connectivity index is 2.16. The SMILES string of the molecule is CCN(CCCBr)CC1CCOCC1. The van der Waals surface area contributed by atoms with Gasteiger partial charge in [-0.15, -0.1) is 0 Å². The molecule has 3 heteroatoms. The van der Waals surface area contributed by atoms with Crippen LogP contribution < -0.4 is 0 Å². The molecule has 1 aliphatic heterocycles. The Morgan fingerprint density at radius 1 is 1.36 bits per heavy atom. The molecule has 0 aromatic heterocycles. The lowest BCUT2D eigenvalue weighted by Gasteiger charge is -2.28. The fourth-order valence-electron chi connectivity index (χ4n) is 1.96. The topological polar surface area (TPSA) is 12.5 Å². The summed E-state index contributed by atoms with van der Waals surface area (Å²) in [7, 11) is 0. The zero-order valence-electron chi connectivity index (χ0n) is 9.17. The van der Waals surface area contributed by atoms with Crippen LogP contribution in [0.25, 0.3) is 0 Å². The zero-order valence-corrected chi connectivity index (χ0v) is 10.8. The number of rotatable bonds is 6. The van der Waals surface area contributed by atoms with Gasteiger partial charge in [0.05, 0.1) is 0 Å². The highest BCUT2D eigenvalue weighted by molar-refractivity contribution is 9.09. The van der Waals surface area contributed by atoms with Gasteiger partial charge in [0.2, 0.25) is 0 Å². The molecule has 1 saturated heterocycles. The van der Waals surface area contributed by atoms with Gasteiger partial charge in [0.25, 0.3) is 0 Å². The van der Waals surface area contributed by atoms with Gasteiger partial charge in [0.1, 0.15) is 0 Å². The molecule has 0 aromatic rings. The van der Waals surface area contributed by atoms with Crippen molar-refractivity contribution in [2.24, 2.45) is 5.92 Å². The summed E-state index contributed by atoms with van der Waals surface area (Å²) < 4.78 is 5.37. The van der Waals surface area contributed by atoms with Gasteiger partial charge in [-0.2, -0.15) is 0 Å². The van der Waals surface area contributed by atoms with Gasteiger partial charge in [-0.1, -0.05) is 22.9 Å². The van der Waals surface area contributed by atoms with Gasteiger partial charge >= 0.3 is 0 Å². The Morgan fingerprint density at radius 2 is 2.07 bits per heavy atom. The number of halogens is 1. The third kappa shape index (κ3) is 4.76. The van der Waals surface area contributed by atoms with Crippen molar-refractivity contribution in [3.63, 3.8) is 0 Å². The third-order valence-electron chi connectivity index (χ3n) is 2.91. The summed E-state index contributed by atoms with van der Waals surface area (Å²) in [6.45, 7) is 7.89. The molecule has 0 saturated carbocycles. The molecule has 14 heavy (non-hydrogen) atoms. The van der Waals surface area contributed by atoms with E-state index in [1.54, 1.807) is 0 Å². The van der Waals surface area contributed by atoms with Crippen molar-refractivity contribution < 1.29 is 4.74 Å². The van der Waals surface area contributed by atoms with Crippen LogP contribution in [0.3, 0.4) is 0 Å². The highest BCUT2D eigenvalue weighted by atomic mass is 79.9. The standard InChI is InChI=1S/C11H22BrNO/c1-2-13(7-3-6-12)10-11-4-8-14-9-5-11/h11H,2-10H2,1H3. The molecule has 2 nitrogen and oxygen atoms in total. The smallest absolute Gasteiger partial charge is 0.0469 e. The molecule has 0 unspecified atom stereocenters. The Kier molecular flexibility index (Phi) is 6.82. The summed E-state index contributed by atoms with van der Waals surface area (Å²) in [6, 6.07) is 0. The second-order valence-electron chi connectivity index (χ2n) is 3.99. The van der Waals surface area contributed by atoms with Crippen LogP contribution in [0.4, 0.5) is 0 Å². The normalized spacial score (nSPS) is 19.1. The molecule has 0 N–H and O–H groups in total. The summed E-state index contributed by atoms with van der Waals surface area (Å²) in [5, 5.41) is 1.12. The van der Waals surface area contributed by atoms with E-state index in [2.05, 4.69) is 27.8 Å². The van der Waals surface area contributed by atoms with E-state index >= 15 is 0 Å². The van der Waals surface area contributed by atoms with Gasteiger partial charge in [-0.25, -0.2) is 0 Å². The summed E-state index contributed by atoms with van der Waals surface area (Å²) in [5.74, 6) is 0.874. The molecule has 0 bridgehead atoms. The lowest BCUT2D eigenvalue weighted by atomic mass is 10.00. The molecule has 1 fully saturated rings. The molecule has 1 heterocycles. The first kappa shape index (κ1) is 12.5. The van der Waals surface area contributed by atoms with E-state index in [0.717, 1.165) is 24.5 Å². The first-order valence-electron chi connectivity index (χ1n) is 5.73.